The number of halogens is 1. The SMILES string of the molecule is O=S(=O)(Cc1ccccc1)NC1[C@H]2CC(O)(c3cc(Cl)cc4[nH]ncc34)C[C@@H]12. The molecule has 0 amide bonds. The van der Waals surface area contributed by atoms with Crippen LogP contribution in [0.2, 0.25) is 5.02 Å². The van der Waals surface area contributed by atoms with Gasteiger partial charge in [-0.1, -0.05) is 41.9 Å². The van der Waals surface area contributed by atoms with Crippen LogP contribution in [-0.2, 0) is 21.4 Å². The fourth-order valence-corrected chi connectivity index (χ4v) is 6.40. The Labute approximate surface area is 168 Å². The lowest BCUT2D eigenvalue weighted by Gasteiger charge is -2.27. The van der Waals surface area contributed by atoms with Crippen LogP contribution in [0.15, 0.2) is 48.7 Å². The molecule has 1 aromatic heterocycles. The molecule has 0 bridgehead atoms. The third-order valence-corrected chi connectivity index (χ3v) is 7.58. The number of fused-ring (bicyclic) bond motifs is 2. The molecule has 2 unspecified atom stereocenters. The number of nitrogens with zero attached hydrogens (tertiary/aromatic N) is 1. The summed E-state index contributed by atoms with van der Waals surface area (Å²) in [7, 11) is -3.42. The van der Waals surface area contributed by atoms with Crippen molar-refractivity contribution in [3.8, 4) is 0 Å². The van der Waals surface area contributed by atoms with Gasteiger partial charge in [-0.25, -0.2) is 13.1 Å². The van der Waals surface area contributed by atoms with E-state index >= 15 is 0 Å². The highest BCUT2D eigenvalue weighted by Crippen LogP contribution is 2.60. The van der Waals surface area contributed by atoms with Gasteiger partial charge in [0.2, 0.25) is 10.0 Å². The van der Waals surface area contributed by atoms with Gasteiger partial charge in [0.1, 0.15) is 0 Å². The number of rotatable bonds is 5. The Morgan fingerprint density at radius 2 is 1.93 bits per heavy atom. The van der Waals surface area contributed by atoms with Gasteiger partial charge in [-0.05, 0) is 47.9 Å². The van der Waals surface area contributed by atoms with Crippen molar-refractivity contribution in [1.82, 2.24) is 14.9 Å². The number of aromatic nitrogens is 2. The maximum atomic E-state index is 12.5. The zero-order valence-electron chi connectivity index (χ0n) is 15.0. The van der Waals surface area contributed by atoms with Gasteiger partial charge in [-0.15, -0.1) is 0 Å². The largest absolute Gasteiger partial charge is 0.385 e. The fourth-order valence-electron chi connectivity index (χ4n) is 4.70. The number of nitrogens with one attached hydrogen (secondary N) is 2. The number of H-pyrrole nitrogens is 1. The second kappa shape index (κ2) is 6.29. The van der Waals surface area contributed by atoms with Crippen molar-refractivity contribution in [3.63, 3.8) is 0 Å². The fraction of sp³-hybridized carbons (Fsp3) is 0.350. The predicted octanol–water partition coefficient (Wildman–Crippen LogP) is 2.93. The molecule has 5 rings (SSSR count). The third kappa shape index (κ3) is 3.12. The number of hydrogen-bond acceptors (Lipinski definition) is 4. The van der Waals surface area contributed by atoms with E-state index in [-0.39, 0.29) is 23.6 Å². The topological polar surface area (TPSA) is 95.1 Å². The van der Waals surface area contributed by atoms with Gasteiger partial charge in [-0.2, -0.15) is 5.10 Å². The van der Waals surface area contributed by atoms with Crippen molar-refractivity contribution < 1.29 is 13.5 Å². The molecule has 2 aromatic carbocycles. The first-order valence-corrected chi connectivity index (χ1v) is 11.3. The summed E-state index contributed by atoms with van der Waals surface area (Å²) in [6.45, 7) is 0. The van der Waals surface area contributed by atoms with Crippen LogP contribution in [0, 0.1) is 11.8 Å². The normalized spacial score (nSPS) is 29.1. The summed E-state index contributed by atoms with van der Waals surface area (Å²) < 4.78 is 27.8. The monoisotopic (exact) mass is 417 g/mol. The highest BCUT2D eigenvalue weighted by Gasteiger charge is 2.62. The maximum Gasteiger partial charge on any atom is 0.216 e. The van der Waals surface area contributed by atoms with Gasteiger partial charge < -0.3 is 5.11 Å². The molecule has 0 aliphatic heterocycles. The maximum absolute atomic E-state index is 12.5. The molecular weight excluding hydrogens is 398 g/mol. The molecule has 0 saturated heterocycles. The molecule has 28 heavy (non-hydrogen) atoms. The summed E-state index contributed by atoms with van der Waals surface area (Å²) in [5.41, 5.74) is 1.31. The number of aliphatic hydroxyl groups is 1. The van der Waals surface area contributed by atoms with E-state index < -0.39 is 15.6 Å². The van der Waals surface area contributed by atoms with Crippen molar-refractivity contribution >= 4 is 32.5 Å². The predicted molar refractivity (Wildman–Crippen MR) is 107 cm³/mol. The molecule has 0 radical (unpaired) electrons. The van der Waals surface area contributed by atoms with Crippen molar-refractivity contribution in [3.05, 3.63) is 64.8 Å². The first-order valence-electron chi connectivity index (χ1n) is 9.24. The summed E-state index contributed by atoms with van der Waals surface area (Å²) in [6, 6.07) is 12.6. The highest BCUT2D eigenvalue weighted by molar-refractivity contribution is 7.88. The lowest BCUT2D eigenvalue weighted by Crippen LogP contribution is -2.34. The van der Waals surface area contributed by atoms with Gasteiger partial charge >= 0.3 is 0 Å². The number of benzene rings is 2. The highest BCUT2D eigenvalue weighted by atomic mass is 35.5. The van der Waals surface area contributed by atoms with Gasteiger partial charge in [0.05, 0.1) is 23.1 Å². The second-order valence-corrected chi connectivity index (χ2v) is 10.1. The lowest BCUT2D eigenvalue weighted by atomic mass is 9.86. The Kier molecular flexibility index (Phi) is 4.07. The molecule has 2 fully saturated rings. The minimum absolute atomic E-state index is 0.0298. The Morgan fingerprint density at radius 3 is 2.64 bits per heavy atom. The average molecular weight is 418 g/mol. The summed E-state index contributed by atoms with van der Waals surface area (Å²) >= 11 is 6.21. The van der Waals surface area contributed by atoms with Gasteiger partial charge in [0, 0.05) is 16.5 Å². The van der Waals surface area contributed by atoms with Gasteiger partial charge in [-0.3, -0.25) is 5.10 Å². The number of hydrogen-bond donors (Lipinski definition) is 3. The summed E-state index contributed by atoms with van der Waals surface area (Å²) in [5, 5.41) is 19.6. The first kappa shape index (κ1) is 18.1. The molecule has 6 nitrogen and oxygen atoms in total. The van der Waals surface area contributed by atoms with Crippen LogP contribution in [0.1, 0.15) is 24.0 Å². The van der Waals surface area contributed by atoms with E-state index in [2.05, 4.69) is 14.9 Å². The molecular formula is C20H20ClN3O3S. The van der Waals surface area contributed by atoms with Gasteiger partial charge in [0.25, 0.3) is 0 Å². The second-order valence-electron chi connectivity index (χ2n) is 7.94. The van der Waals surface area contributed by atoms with Crippen LogP contribution in [0.4, 0.5) is 0 Å². The Balaban J connectivity index is 1.31. The minimum atomic E-state index is -3.42. The minimum Gasteiger partial charge on any atom is -0.385 e. The standard InChI is InChI=1S/C20H20ClN3O3S/c21-13-6-17(16-10-22-23-18(16)7-13)20(25)8-14-15(9-20)19(14)24-28(26,27)11-12-4-2-1-3-5-12/h1-7,10,14-15,19,24-25H,8-9,11H2,(H,22,23)/t14-,15+,19?,20?. The zero-order valence-corrected chi connectivity index (χ0v) is 16.5. The molecule has 2 aliphatic carbocycles. The van der Waals surface area contributed by atoms with E-state index in [0.29, 0.717) is 17.9 Å². The van der Waals surface area contributed by atoms with E-state index in [1.807, 2.05) is 18.2 Å². The summed E-state index contributed by atoms with van der Waals surface area (Å²) in [5.74, 6) is 0.241. The first-order chi connectivity index (χ1) is 13.3. The van der Waals surface area contributed by atoms with Crippen LogP contribution in [0.5, 0.6) is 0 Å². The summed E-state index contributed by atoms with van der Waals surface area (Å²) in [6.07, 6.45) is 2.72. The van der Waals surface area contributed by atoms with Gasteiger partial charge in [0.15, 0.2) is 0 Å². The van der Waals surface area contributed by atoms with E-state index in [0.717, 1.165) is 22.0 Å². The van der Waals surface area contributed by atoms with Crippen molar-refractivity contribution in [2.75, 3.05) is 0 Å². The molecule has 0 spiro atoms. The molecule has 146 valence electrons. The van der Waals surface area contributed by atoms with E-state index in [4.69, 9.17) is 11.6 Å². The van der Waals surface area contributed by atoms with E-state index in [9.17, 15) is 13.5 Å². The number of aromatic amines is 1. The third-order valence-electron chi connectivity index (χ3n) is 6.02. The average Bonchev–Trinajstić information content (AvgIpc) is 3.03. The van der Waals surface area contributed by atoms with Crippen molar-refractivity contribution in [1.29, 1.82) is 0 Å². The molecule has 2 aliphatic rings. The summed E-state index contributed by atoms with van der Waals surface area (Å²) in [4.78, 5) is 0. The number of sulfonamides is 1. The lowest BCUT2D eigenvalue weighted by molar-refractivity contribution is 0.0303. The van der Waals surface area contributed by atoms with Crippen LogP contribution < -0.4 is 4.72 Å². The molecule has 1 heterocycles. The quantitative estimate of drug-likeness (QED) is 0.594. The molecule has 3 aromatic rings. The Bertz CT molecular complexity index is 1130. The Hall–Kier alpha value is -1.93. The molecule has 4 atom stereocenters. The van der Waals surface area contributed by atoms with Crippen LogP contribution in [0.3, 0.4) is 0 Å². The van der Waals surface area contributed by atoms with Crippen molar-refractivity contribution in [2.24, 2.45) is 11.8 Å². The Morgan fingerprint density at radius 1 is 1.21 bits per heavy atom. The zero-order chi connectivity index (χ0) is 19.5. The molecule has 2 saturated carbocycles. The van der Waals surface area contributed by atoms with E-state index in [1.54, 1.807) is 30.5 Å². The van der Waals surface area contributed by atoms with Crippen molar-refractivity contribution in [2.45, 2.75) is 30.2 Å². The van der Waals surface area contributed by atoms with Crippen LogP contribution >= 0.6 is 11.6 Å². The molecule has 8 heteroatoms. The smallest absolute Gasteiger partial charge is 0.216 e. The van der Waals surface area contributed by atoms with Crippen LogP contribution in [-0.4, -0.2) is 29.8 Å². The van der Waals surface area contributed by atoms with E-state index in [1.165, 1.54) is 0 Å². The van der Waals surface area contributed by atoms with Crippen LogP contribution in [0.25, 0.3) is 10.9 Å². The molecule has 3 N–H and O–H groups in total.